The Balaban J connectivity index is 3.21. The summed E-state index contributed by atoms with van der Waals surface area (Å²) in [7, 11) is 0. The molecule has 0 aliphatic rings. The second kappa shape index (κ2) is 3.01. The van der Waals surface area contributed by atoms with E-state index in [0.717, 1.165) is 9.13 Å². The molecule has 1 aromatic heterocycles. The first kappa shape index (κ1) is 9.45. The van der Waals surface area contributed by atoms with E-state index in [9.17, 15) is 4.39 Å². The van der Waals surface area contributed by atoms with Gasteiger partial charge in [0.1, 0.15) is 0 Å². The van der Waals surface area contributed by atoms with Crippen molar-refractivity contribution >= 4 is 33.9 Å². The monoisotopic (exact) mass is 284 g/mol. The highest BCUT2D eigenvalue weighted by atomic mass is 127. The van der Waals surface area contributed by atoms with E-state index >= 15 is 0 Å². The van der Waals surface area contributed by atoms with Gasteiger partial charge in [-0.15, -0.1) is 11.3 Å². The Morgan fingerprint density at radius 3 is 2.18 bits per heavy atom. The van der Waals surface area contributed by atoms with Gasteiger partial charge in [0.05, 0.1) is 0 Å². The van der Waals surface area contributed by atoms with Crippen molar-refractivity contribution in [2.75, 3.05) is 0 Å². The standard InChI is InChI=1S/C8H10FIS/c1-8(2,3)6-5(10)4-11-7(6)9/h4H,1-3H3. The van der Waals surface area contributed by atoms with Crippen molar-refractivity contribution in [3.8, 4) is 0 Å². The van der Waals surface area contributed by atoms with Crippen LogP contribution in [-0.4, -0.2) is 0 Å². The van der Waals surface area contributed by atoms with Crippen LogP contribution >= 0.6 is 33.9 Å². The van der Waals surface area contributed by atoms with Gasteiger partial charge >= 0.3 is 0 Å². The lowest BCUT2D eigenvalue weighted by Gasteiger charge is -2.17. The molecule has 0 radical (unpaired) electrons. The quantitative estimate of drug-likeness (QED) is 0.636. The molecule has 0 aliphatic carbocycles. The lowest BCUT2D eigenvalue weighted by atomic mass is 9.89. The second-order valence-electron chi connectivity index (χ2n) is 3.48. The largest absolute Gasteiger partial charge is 0.195 e. The molecule has 1 aromatic rings. The molecule has 0 aromatic carbocycles. The summed E-state index contributed by atoms with van der Waals surface area (Å²) in [6.45, 7) is 6.08. The van der Waals surface area contributed by atoms with Crippen LogP contribution < -0.4 is 0 Å². The van der Waals surface area contributed by atoms with E-state index in [2.05, 4.69) is 22.6 Å². The number of rotatable bonds is 0. The maximum Gasteiger partial charge on any atom is 0.181 e. The van der Waals surface area contributed by atoms with Crippen molar-refractivity contribution in [2.24, 2.45) is 0 Å². The summed E-state index contributed by atoms with van der Waals surface area (Å²) in [5, 5.41) is 1.82. The van der Waals surface area contributed by atoms with Gasteiger partial charge in [0.15, 0.2) is 5.13 Å². The summed E-state index contributed by atoms with van der Waals surface area (Å²) in [6.07, 6.45) is 0. The van der Waals surface area contributed by atoms with Crippen molar-refractivity contribution < 1.29 is 4.39 Å². The van der Waals surface area contributed by atoms with Gasteiger partial charge in [-0.1, -0.05) is 20.8 Å². The lowest BCUT2D eigenvalue weighted by molar-refractivity contribution is 0.536. The van der Waals surface area contributed by atoms with Crippen LogP contribution in [0.15, 0.2) is 5.38 Å². The van der Waals surface area contributed by atoms with Crippen molar-refractivity contribution in [3.05, 3.63) is 19.6 Å². The minimum absolute atomic E-state index is 0.0399. The highest BCUT2D eigenvalue weighted by molar-refractivity contribution is 14.1. The third kappa shape index (κ3) is 1.93. The zero-order valence-electron chi connectivity index (χ0n) is 6.74. The SMILES string of the molecule is CC(C)(C)c1c(I)csc1F. The molecule has 1 rings (SSSR count). The molecular formula is C8H10FIS. The molecule has 0 spiro atoms. The van der Waals surface area contributed by atoms with Crippen molar-refractivity contribution in [3.63, 3.8) is 0 Å². The minimum atomic E-state index is -0.0688. The van der Waals surface area contributed by atoms with Crippen LogP contribution in [-0.2, 0) is 5.41 Å². The van der Waals surface area contributed by atoms with Gasteiger partial charge in [-0.25, -0.2) is 0 Å². The Hall–Kier alpha value is 0.360. The number of halogens is 2. The van der Waals surface area contributed by atoms with Crippen LogP contribution in [0, 0.1) is 8.70 Å². The summed E-state index contributed by atoms with van der Waals surface area (Å²) in [4.78, 5) is 0. The van der Waals surface area contributed by atoms with Gasteiger partial charge in [-0.05, 0) is 28.0 Å². The van der Waals surface area contributed by atoms with E-state index in [4.69, 9.17) is 0 Å². The highest BCUT2D eigenvalue weighted by Crippen LogP contribution is 2.33. The Morgan fingerprint density at radius 1 is 1.45 bits per heavy atom. The first-order chi connectivity index (χ1) is 4.93. The van der Waals surface area contributed by atoms with Gasteiger partial charge in [-0.2, -0.15) is 4.39 Å². The molecule has 3 heteroatoms. The number of hydrogen-bond acceptors (Lipinski definition) is 1. The average molecular weight is 284 g/mol. The second-order valence-corrected chi connectivity index (χ2v) is 5.47. The van der Waals surface area contributed by atoms with Crippen LogP contribution in [0.1, 0.15) is 26.3 Å². The highest BCUT2D eigenvalue weighted by Gasteiger charge is 2.22. The van der Waals surface area contributed by atoms with Crippen molar-refractivity contribution in [2.45, 2.75) is 26.2 Å². The maximum atomic E-state index is 13.1. The predicted molar refractivity (Wildman–Crippen MR) is 55.7 cm³/mol. The third-order valence-electron chi connectivity index (χ3n) is 1.45. The van der Waals surface area contributed by atoms with E-state index in [-0.39, 0.29) is 10.5 Å². The Labute approximate surface area is 84.0 Å². The van der Waals surface area contributed by atoms with E-state index in [1.165, 1.54) is 11.3 Å². The molecule has 0 atom stereocenters. The zero-order chi connectivity index (χ0) is 8.65. The summed E-state index contributed by atoms with van der Waals surface area (Å²) in [6, 6.07) is 0. The molecule has 0 N–H and O–H groups in total. The third-order valence-corrected chi connectivity index (χ3v) is 3.49. The molecule has 0 saturated carbocycles. The molecule has 0 fully saturated rings. The molecule has 0 saturated heterocycles. The summed E-state index contributed by atoms with van der Waals surface area (Å²) in [5.74, 6) is 0. The Kier molecular flexibility index (Phi) is 2.59. The van der Waals surface area contributed by atoms with Crippen LogP contribution in [0.5, 0.6) is 0 Å². The Bertz CT molecular complexity index is 240. The first-order valence-electron chi connectivity index (χ1n) is 3.36. The molecule has 1 heterocycles. The maximum absolute atomic E-state index is 13.1. The molecule has 0 bridgehead atoms. The number of thiophene rings is 1. The van der Waals surface area contributed by atoms with Gasteiger partial charge in [0.25, 0.3) is 0 Å². The van der Waals surface area contributed by atoms with E-state index in [1.54, 1.807) is 0 Å². The van der Waals surface area contributed by atoms with E-state index < -0.39 is 0 Å². The molecule has 0 unspecified atom stereocenters. The minimum Gasteiger partial charge on any atom is -0.195 e. The lowest BCUT2D eigenvalue weighted by Crippen LogP contribution is -2.13. The topological polar surface area (TPSA) is 0 Å². The normalized spacial score (nSPS) is 12.1. The molecule has 62 valence electrons. The van der Waals surface area contributed by atoms with Crippen LogP contribution in [0.2, 0.25) is 0 Å². The molecule has 0 amide bonds. The molecule has 0 aliphatic heterocycles. The fraction of sp³-hybridized carbons (Fsp3) is 0.500. The van der Waals surface area contributed by atoms with Crippen LogP contribution in [0.3, 0.4) is 0 Å². The van der Waals surface area contributed by atoms with Crippen LogP contribution in [0.25, 0.3) is 0 Å². The van der Waals surface area contributed by atoms with Crippen LogP contribution in [0.4, 0.5) is 4.39 Å². The van der Waals surface area contributed by atoms with Gasteiger partial charge in [0.2, 0.25) is 0 Å². The summed E-state index contributed by atoms with van der Waals surface area (Å²) >= 11 is 3.36. The molecule has 11 heavy (non-hydrogen) atoms. The Morgan fingerprint density at radius 2 is 2.00 bits per heavy atom. The summed E-state index contributed by atoms with van der Waals surface area (Å²) in [5.41, 5.74) is 0.781. The van der Waals surface area contributed by atoms with E-state index in [0.29, 0.717) is 0 Å². The molecular weight excluding hydrogens is 274 g/mol. The average Bonchev–Trinajstić information content (AvgIpc) is 2.08. The van der Waals surface area contributed by atoms with E-state index in [1.807, 2.05) is 26.2 Å². The van der Waals surface area contributed by atoms with Crippen molar-refractivity contribution in [1.29, 1.82) is 0 Å². The number of hydrogen-bond donors (Lipinski definition) is 0. The fourth-order valence-corrected chi connectivity index (χ4v) is 3.44. The summed E-state index contributed by atoms with van der Waals surface area (Å²) < 4.78 is 14.2. The fourth-order valence-electron chi connectivity index (χ4n) is 0.968. The van der Waals surface area contributed by atoms with Crippen molar-refractivity contribution in [1.82, 2.24) is 0 Å². The molecule has 0 nitrogen and oxygen atoms in total. The van der Waals surface area contributed by atoms with Gasteiger partial charge in [0, 0.05) is 14.5 Å². The predicted octanol–water partition coefficient (Wildman–Crippen LogP) is 3.79. The van der Waals surface area contributed by atoms with Gasteiger partial charge in [-0.3, -0.25) is 0 Å². The smallest absolute Gasteiger partial charge is 0.181 e. The van der Waals surface area contributed by atoms with Gasteiger partial charge < -0.3 is 0 Å². The zero-order valence-corrected chi connectivity index (χ0v) is 9.72. The first-order valence-corrected chi connectivity index (χ1v) is 5.31.